The monoisotopic (exact) mass is 249 g/mol. The van der Waals surface area contributed by atoms with Gasteiger partial charge in [0.05, 0.1) is 12.2 Å². The molecule has 18 heavy (non-hydrogen) atoms. The van der Waals surface area contributed by atoms with E-state index in [1.165, 1.54) is 5.56 Å². The van der Waals surface area contributed by atoms with Crippen LogP contribution in [0.2, 0.25) is 0 Å². The van der Waals surface area contributed by atoms with Crippen LogP contribution in [0.3, 0.4) is 0 Å². The van der Waals surface area contributed by atoms with Crippen molar-refractivity contribution >= 4 is 0 Å². The van der Waals surface area contributed by atoms with Crippen LogP contribution in [0.5, 0.6) is 5.75 Å². The second-order valence-electron chi connectivity index (χ2n) is 5.35. The first kappa shape index (κ1) is 13.4. The summed E-state index contributed by atoms with van der Waals surface area (Å²) in [6.45, 7) is 7.27. The van der Waals surface area contributed by atoms with E-state index in [1.807, 2.05) is 32.0 Å². The molecule has 0 amide bonds. The number of nitrogens with zero attached hydrogens (tertiary/aromatic N) is 1. The predicted molar refractivity (Wildman–Crippen MR) is 72.7 cm³/mol. The van der Waals surface area contributed by atoms with Crippen molar-refractivity contribution in [2.24, 2.45) is 0 Å². The summed E-state index contributed by atoms with van der Waals surface area (Å²) in [6, 6.07) is 8.16. The number of piperidine rings is 1. The van der Waals surface area contributed by atoms with E-state index in [1.54, 1.807) is 0 Å². The summed E-state index contributed by atoms with van der Waals surface area (Å²) in [5.41, 5.74) is 0.663. The van der Waals surface area contributed by atoms with Crippen LogP contribution < -0.4 is 4.74 Å². The summed E-state index contributed by atoms with van der Waals surface area (Å²) in [5.74, 6) is 0.963. The highest BCUT2D eigenvalue weighted by molar-refractivity contribution is 5.33. The number of hydrogen-bond acceptors (Lipinski definition) is 3. The van der Waals surface area contributed by atoms with E-state index >= 15 is 0 Å². The summed E-state index contributed by atoms with van der Waals surface area (Å²) in [6.07, 6.45) is 1.96. The van der Waals surface area contributed by atoms with Gasteiger partial charge >= 0.3 is 0 Å². The van der Waals surface area contributed by atoms with E-state index < -0.39 is 5.60 Å². The first-order valence-electron chi connectivity index (χ1n) is 6.76. The Kier molecular flexibility index (Phi) is 4.25. The van der Waals surface area contributed by atoms with Gasteiger partial charge in [-0.05, 0) is 39.3 Å². The Bertz CT molecular complexity index is 390. The summed E-state index contributed by atoms with van der Waals surface area (Å²) in [5, 5.41) is 10.1. The molecule has 1 atom stereocenters. The molecule has 1 saturated heterocycles. The lowest BCUT2D eigenvalue weighted by Gasteiger charge is -2.37. The lowest BCUT2D eigenvalue weighted by molar-refractivity contribution is -0.0183. The van der Waals surface area contributed by atoms with Gasteiger partial charge in [-0.2, -0.15) is 0 Å². The minimum atomic E-state index is -0.543. The molecule has 1 aromatic carbocycles. The normalized spacial score (nSPS) is 25.1. The van der Waals surface area contributed by atoms with E-state index in [0.29, 0.717) is 6.61 Å². The van der Waals surface area contributed by atoms with Crippen LogP contribution in [0.4, 0.5) is 0 Å². The zero-order valence-corrected chi connectivity index (χ0v) is 11.4. The molecule has 2 rings (SSSR count). The number of aliphatic hydroxyl groups is 1. The second kappa shape index (κ2) is 5.72. The number of ether oxygens (including phenoxy) is 1. The Morgan fingerprint density at radius 3 is 2.89 bits per heavy atom. The molecule has 0 spiro atoms. The standard InChI is InChI=1S/C15H23NO2/c1-3-18-14-8-5-4-7-13(14)11-16-10-6-9-15(2,17)12-16/h4-5,7-8,17H,3,6,9-12H2,1-2H3. The first-order valence-corrected chi connectivity index (χ1v) is 6.76. The molecular formula is C15H23NO2. The molecule has 1 unspecified atom stereocenters. The van der Waals surface area contributed by atoms with E-state index in [9.17, 15) is 5.11 Å². The van der Waals surface area contributed by atoms with Crippen LogP contribution >= 0.6 is 0 Å². The predicted octanol–water partition coefficient (Wildman–Crippen LogP) is 2.43. The molecule has 0 radical (unpaired) electrons. The number of β-amino-alcohol motifs (C(OH)–C–C–N with tert-alkyl or cyclic N) is 1. The molecule has 3 heteroatoms. The number of likely N-dealkylation sites (tertiary alicyclic amines) is 1. The van der Waals surface area contributed by atoms with E-state index in [-0.39, 0.29) is 0 Å². The summed E-state index contributed by atoms with van der Waals surface area (Å²) in [4.78, 5) is 2.31. The quantitative estimate of drug-likeness (QED) is 0.889. The van der Waals surface area contributed by atoms with Crippen molar-refractivity contribution in [2.75, 3.05) is 19.7 Å². The number of rotatable bonds is 4. The molecule has 1 aromatic rings. The summed E-state index contributed by atoms with van der Waals surface area (Å²) in [7, 11) is 0. The van der Waals surface area contributed by atoms with Gasteiger partial charge in [0.1, 0.15) is 5.75 Å². The van der Waals surface area contributed by atoms with Crippen LogP contribution in [0.1, 0.15) is 32.3 Å². The average Bonchev–Trinajstić information content (AvgIpc) is 2.31. The van der Waals surface area contributed by atoms with Gasteiger partial charge in [-0.15, -0.1) is 0 Å². The van der Waals surface area contributed by atoms with Gasteiger partial charge in [-0.1, -0.05) is 18.2 Å². The number of para-hydroxylation sites is 1. The molecule has 3 nitrogen and oxygen atoms in total. The van der Waals surface area contributed by atoms with Gasteiger partial charge in [0.15, 0.2) is 0 Å². The lowest BCUT2D eigenvalue weighted by Crippen LogP contribution is -2.45. The van der Waals surface area contributed by atoms with E-state index in [0.717, 1.165) is 38.2 Å². The van der Waals surface area contributed by atoms with Crippen LogP contribution in [-0.2, 0) is 6.54 Å². The average molecular weight is 249 g/mol. The molecule has 1 heterocycles. The fourth-order valence-corrected chi connectivity index (χ4v) is 2.63. The highest BCUT2D eigenvalue weighted by Gasteiger charge is 2.28. The molecule has 0 aromatic heterocycles. The van der Waals surface area contributed by atoms with Gasteiger partial charge in [0.25, 0.3) is 0 Å². The fraction of sp³-hybridized carbons (Fsp3) is 0.600. The van der Waals surface area contributed by atoms with E-state index in [2.05, 4.69) is 11.0 Å². The third kappa shape index (κ3) is 3.47. The Balaban J connectivity index is 2.04. The van der Waals surface area contributed by atoms with Gasteiger partial charge in [0.2, 0.25) is 0 Å². The van der Waals surface area contributed by atoms with Crippen molar-refractivity contribution in [3.8, 4) is 5.75 Å². The van der Waals surface area contributed by atoms with Crippen molar-refractivity contribution in [1.29, 1.82) is 0 Å². The topological polar surface area (TPSA) is 32.7 Å². The second-order valence-corrected chi connectivity index (χ2v) is 5.35. The van der Waals surface area contributed by atoms with Crippen molar-refractivity contribution in [2.45, 2.75) is 38.8 Å². The smallest absolute Gasteiger partial charge is 0.123 e. The Morgan fingerprint density at radius 2 is 2.17 bits per heavy atom. The molecule has 1 fully saturated rings. The van der Waals surface area contributed by atoms with Gasteiger partial charge in [0, 0.05) is 18.7 Å². The molecule has 1 aliphatic heterocycles. The maximum absolute atomic E-state index is 10.1. The zero-order chi connectivity index (χ0) is 13.0. The lowest BCUT2D eigenvalue weighted by atomic mass is 9.95. The largest absolute Gasteiger partial charge is 0.494 e. The fourth-order valence-electron chi connectivity index (χ4n) is 2.63. The van der Waals surface area contributed by atoms with Crippen molar-refractivity contribution in [3.63, 3.8) is 0 Å². The summed E-state index contributed by atoms with van der Waals surface area (Å²) < 4.78 is 5.64. The van der Waals surface area contributed by atoms with Crippen LogP contribution in [0.25, 0.3) is 0 Å². The Labute approximate surface area is 109 Å². The Morgan fingerprint density at radius 1 is 1.39 bits per heavy atom. The molecule has 100 valence electrons. The third-order valence-corrected chi connectivity index (χ3v) is 3.42. The van der Waals surface area contributed by atoms with Crippen LogP contribution in [0, 0.1) is 0 Å². The minimum Gasteiger partial charge on any atom is -0.494 e. The maximum Gasteiger partial charge on any atom is 0.123 e. The molecule has 0 bridgehead atoms. The number of hydrogen-bond donors (Lipinski definition) is 1. The van der Waals surface area contributed by atoms with Crippen molar-refractivity contribution in [3.05, 3.63) is 29.8 Å². The maximum atomic E-state index is 10.1. The van der Waals surface area contributed by atoms with Crippen LogP contribution in [0.15, 0.2) is 24.3 Å². The molecule has 1 N–H and O–H groups in total. The molecular weight excluding hydrogens is 226 g/mol. The molecule has 0 aliphatic carbocycles. The highest BCUT2D eigenvalue weighted by atomic mass is 16.5. The first-order chi connectivity index (χ1) is 8.61. The van der Waals surface area contributed by atoms with Gasteiger partial charge < -0.3 is 9.84 Å². The minimum absolute atomic E-state index is 0.543. The van der Waals surface area contributed by atoms with E-state index in [4.69, 9.17) is 4.74 Å². The summed E-state index contributed by atoms with van der Waals surface area (Å²) >= 11 is 0. The van der Waals surface area contributed by atoms with Gasteiger partial charge in [-0.3, -0.25) is 4.90 Å². The Hall–Kier alpha value is -1.06. The SMILES string of the molecule is CCOc1ccccc1CN1CCCC(C)(O)C1. The third-order valence-electron chi connectivity index (χ3n) is 3.42. The van der Waals surface area contributed by atoms with Gasteiger partial charge in [-0.25, -0.2) is 0 Å². The van der Waals surface area contributed by atoms with Crippen molar-refractivity contribution < 1.29 is 9.84 Å². The molecule has 0 saturated carbocycles. The molecule has 1 aliphatic rings. The van der Waals surface area contributed by atoms with Crippen LogP contribution in [-0.4, -0.2) is 35.3 Å². The van der Waals surface area contributed by atoms with Crippen molar-refractivity contribution in [1.82, 2.24) is 4.90 Å². The number of benzene rings is 1. The highest BCUT2D eigenvalue weighted by Crippen LogP contribution is 2.25. The zero-order valence-electron chi connectivity index (χ0n) is 11.4.